The van der Waals surface area contributed by atoms with Crippen LogP contribution in [0.4, 0.5) is 0 Å². The number of aromatic carboxylic acids is 1. The molecule has 0 aromatic heterocycles. The van der Waals surface area contributed by atoms with E-state index in [2.05, 4.69) is 0 Å². The average molecular weight is 249 g/mol. The number of para-hydroxylation sites is 1. The van der Waals surface area contributed by atoms with Crippen LogP contribution in [-0.4, -0.2) is 40.2 Å². The van der Waals surface area contributed by atoms with Crippen molar-refractivity contribution in [2.75, 3.05) is 0 Å². The molecule has 17 heavy (non-hydrogen) atoms. The summed E-state index contributed by atoms with van der Waals surface area (Å²) in [5, 5.41) is 8.88. The molecule has 5 nitrogen and oxygen atoms in total. The van der Waals surface area contributed by atoms with E-state index in [0.29, 0.717) is 0 Å². The number of ether oxygens (including phenoxy) is 1. The van der Waals surface area contributed by atoms with Crippen LogP contribution in [0.3, 0.4) is 0 Å². The van der Waals surface area contributed by atoms with Crippen LogP contribution in [0.5, 0.6) is 5.75 Å². The van der Waals surface area contributed by atoms with Crippen LogP contribution in [0.15, 0.2) is 18.2 Å². The summed E-state index contributed by atoms with van der Waals surface area (Å²) in [5.41, 5.74) is -0.127. The number of carboxylic acid groups (broad SMARTS) is 1. The first-order chi connectivity index (χ1) is 7.43. The zero-order chi connectivity index (χ0) is 12.3. The highest BCUT2D eigenvalue weighted by molar-refractivity contribution is 6.02. The third kappa shape index (κ3) is 3.70. The van der Waals surface area contributed by atoms with Crippen LogP contribution >= 0.6 is 0 Å². The second-order valence-corrected chi connectivity index (χ2v) is 3.14. The first-order valence-corrected chi connectivity index (χ1v) is 4.49. The molecule has 1 aromatic rings. The quantitative estimate of drug-likeness (QED) is 0.376. The molecule has 0 spiro atoms. The summed E-state index contributed by atoms with van der Waals surface area (Å²) in [6, 6.07) is 4.10. The minimum absolute atomic E-state index is 0. The maximum Gasteiger partial charge on any atom is 0.339 e. The van der Waals surface area contributed by atoms with E-state index < -0.39 is 11.9 Å². The largest absolute Gasteiger partial charge is 0.478 e. The Balaban J connectivity index is 0.00000256. The molecular weight excluding hydrogens is 239 g/mol. The van der Waals surface area contributed by atoms with Gasteiger partial charge in [-0.25, -0.2) is 4.79 Å². The fourth-order valence-electron chi connectivity index (χ4n) is 1.24. The molecule has 0 saturated heterocycles. The van der Waals surface area contributed by atoms with Gasteiger partial charge in [0.15, 0.2) is 11.5 Å². The predicted molar refractivity (Wildman–Crippen MR) is 60.5 cm³/mol. The first-order valence-electron chi connectivity index (χ1n) is 4.49. The maximum atomic E-state index is 11.2. The molecule has 0 amide bonds. The Kier molecular flexibility index (Phi) is 5.59. The summed E-state index contributed by atoms with van der Waals surface area (Å²) < 4.78 is 4.76. The summed E-state index contributed by atoms with van der Waals surface area (Å²) in [6.07, 6.45) is 0. The number of carboxylic acids is 1. The number of esters is 1. The summed E-state index contributed by atoms with van der Waals surface area (Å²) in [6.45, 7) is 2.41. The summed E-state index contributed by atoms with van der Waals surface area (Å²) in [5.74, 6) is -2.48. The highest BCUT2D eigenvalue weighted by Crippen LogP contribution is 2.24. The Morgan fingerprint density at radius 2 is 1.65 bits per heavy atom. The number of carbonyl (C=O) groups excluding carboxylic acids is 2. The van der Waals surface area contributed by atoms with Crippen molar-refractivity contribution in [1.29, 1.82) is 0 Å². The van der Waals surface area contributed by atoms with Gasteiger partial charge in [-0.1, -0.05) is 6.07 Å². The number of rotatable bonds is 3. The van der Waals surface area contributed by atoms with Gasteiger partial charge in [-0.15, -0.1) is 0 Å². The lowest BCUT2D eigenvalue weighted by Gasteiger charge is -2.09. The van der Waals surface area contributed by atoms with E-state index >= 15 is 0 Å². The average Bonchev–Trinajstić information content (AvgIpc) is 2.16. The first kappa shape index (κ1) is 15.4. The van der Waals surface area contributed by atoms with Gasteiger partial charge in [0.1, 0.15) is 5.56 Å². The summed E-state index contributed by atoms with van der Waals surface area (Å²) >= 11 is 0. The Hall–Kier alpha value is -1.64. The predicted octanol–water partition coefficient (Wildman–Crippen LogP) is 1.13. The van der Waals surface area contributed by atoms with Crippen LogP contribution in [-0.2, 0) is 4.79 Å². The van der Waals surface area contributed by atoms with Crippen molar-refractivity contribution in [3.63, 3.8) is 0 Å². The van der Waals surface area contributed by atoms with E-state index in [1.54, 1.807) is 0 Å². The molecule has 0 aliphatic carbocycles. The Morgan fingerprint density at radius 3 is 2.06 bits per heavy atom. The molecule has 87 valence electrons. The maximum absolute atomic E-state index is 11.2. The van der Waals surface area contributed by atoms with E-state index in [1.165, 1.54) is 25.1 Å². The molecule has 0 bridgehead atoms. The van der Waals surface area contributed by atoms with Crippen LogP contribution < -0.4 is 4.74 Å². The van der Waals surface area contributed by atoms with Gasteiger partial charge in [-0.3, -0.25) is 9.59 Å². The second-order valence-electron chi connectivity index (χ2n) is 3.14. The van der Waals surface area contributed by atoms with Crippen molar-refractivity contribution in [3.8, 4) is 5.75 Å². The van der Waals surface area contributed by atoms with Crippen molar-refractivity contribution in [1.82, 2.24) is 0 Å². The van der Waals surface area contributed by atoms with Crippen molar-refractivity contribution in [3.05, 3.63) is 29.3 Å². The standard InChI is InChI=1S/C11H10O5.Al/c1-6(12)8-4-3-5-9(11(14)15)10(8)16-7(2)13;/h3-5H,1-2H3,(H,14,15);. The van der Waals surface area contributed by atoms with Crippen LogP contribution in [0.1, 0.15) is 34.6 Å². The zero-order valence-electron chi connectivity index (χ0n) is 9.39. The Morgan fingerprint density at radius 1 is 1.12 bits per heavy atom. The third-order valence-corrected chi connectivity index (χ3v) is 1.87. The monoisotopic (exact) mass is 249 g/mol. The molecule has 0 atom stereocenters. The Labute approximate surface area is 109 Å². The van der Waals surface area contributed by atoms with Gasteiger partial charge >= 0.3 is 11.9 Å². The molecule has 0 aliphatic heterocycles. The fourth-order valence-corrected chi connectivity index (χ4v) is 1.24. The molecule has 3 radical (unpaired) electrons. The van der Waals surface area contributed by atoms with Gasteiger partial charge in [0.25, 0.3) is 0 Å². The van der Waals surface area contributed by atoms with Gasteiger partial charge in [0.2, 0.25) is 0 Å². The minimum Gasteiger partial charge on any atom is -0.478 e. The summed E-state index contributed by atoms with van der Waals surface area (Å²) in [4.78, 5) is 33.0. The van der Waals surface area contributed by atoms with Gasteiger partial charge < -0.3 is 9.84 Å². The number of benzene rings is 1. The molecule has 1 rings (SSSR count). The van der Waals surface area contributed by atoms with E-state index in [0.717, 1.165) is 6.92 Å². The van der Waals surface area contributed by atoms with E-state index in [9.17, 15) is 14.4 Å². The van der Waals surface area contributed by atoms with Gasteiger partial charge in [-0.05, 0) is 19.1 Å². The van der Waals surface area contributed by atoms with Crippen molar-refractivity contribution in [2.24, 2.45) is 0 Å². The second kappa shape index (κ2) is 6.19. The van der Waals surface area contributed by atoms with Crippen molar-refractivity contribution in [2.45, 2.75) is 13.8 Å². The van der Waals surface area contributed by atoms with E-state index in [1.807, 2.05) is 0 Å². The molecule has 0 saturated carbocycles. The normalized spacial score (nSPS) is 9.06. The molecular formula is C11H10AlO5. The van der Waals surface area contributed by atoms with Gasteiger partial charge in [0, 0.05) is 24.3 Å². The molecule has 0 unspecified atom stereocenters. The van der Waals surface area contributed by atoms with E-state index in [4.69, 9.17) is 9.84 Å². The number of hydrogen-bond acceptors (Lipinski definition) is 4. The lowest BCUT2D eigenvalue weighted by atomic mass is 10.1. The van der Waals surface area contributed by atoms with Gasteiger partial charge in [-0.2, -0.15) is 0 Å². The SMILES string of the molecule is CC(=O)Oc1c(C(C)=O)cccc1C(=O)O.[Al]. The van der Waals surface area contributed by atoms with Crippen LogP contribution in [0, 0.1) is 0 Å². The van der Waals surface area contributed by atoms with Crippen LogP contribution in [0.2, 0.25) is 0 Å². The van der Waals surface area contributed by atoms with Crippen LogP contribution in [0.25, 0.3) is 0 Å². The number of ketones is 1. The lowest BCUT2D eigenvalue weighted by Crippen LogP contribution is -2.11. The molecule has 6 heteroatoms. The van der Waals surface area contributed by atoms with Crippen molar-refractivity contribution >= 4 is 35.1 Å². The number of hydrogen-bond donors (Lipinski definition) is 1. The smallest absolute Gasteiger partial charge is 0.339 e. The fraction of sp³-hybridized carbons (Fsp3) is 0.182. The van der Waals surface area contributed by atoms with Crippen molar-refractivity contribution < 1.29 is 24.2 Å². The lowest BCUT2D eigenvalue weighted by molar-refractivity contribution is -0.131. The highest BCUT2D eigenvalue weighted by atomic mass is 27.0. The molecule has 0 fully saturated rings. The topological polar surface area (TPSA) is 80.7 Å². The minimum atomic E-state index is -1.25. The molecule has 1 aromatic carbocycles. The number of carbonyl (C=O) groups is 3. The van der Waals surface area contributed by atoms with E-state index in [-0.39, 0.29) is 40.0 Å². The molecule has 0 aliphatic rings. The molecule has 1 N–H and O–H groups in total. The zero-order valence-corrected chi connectivity index (χ0v) is 10.5. The summed E-state index contributed by atoms with van der Waals surface area (Å²) in [7, 11) is 0. The third-order valence-electron chi connectivity index (χ3n) is 1.87. The number of Topliss-reactive ketones (excluding diaryl/α,β-unsaturated/α-hetero) is 1. The van der Waals surface area contributed by atoms with Gasteiger partial charge in [0.05, 0.1) is 5.56 Å². The highest BCUT2D eigenvalue weighted by Gasteiger charge is 2.19. The molecule has 0 heterocycles. The Bertz CT molecular complexity index is 435.